The molecule has 1 aliphatic rings. The van der Waals surface area contributed by atoms with Crippen molar-refractivity contribution in [3.8, 4) is 0 Å². The molecular weight excluding hydrogens is 362 g/mol. The van der Waals surface area contributed by atoms with Crippen LogP contribution in [0.1, 0.15) is 56.9 Å². The van der Waals surface area contributed by atoms with E-state index >= 15 is 0 Å². The zero-order valence-electron chi connectivity index (χ0n) is 18.1. The predicted molar refractivity (Wildman–Crippen MR) is 118 cm³/mol. The second-order valence-electron chi connectivity index (χ2n) is 7.36. The van der Waals surface area contributed by atoms with Gasteiger partial charge in [-0.1, -0.05) is 44.2 Å². The van der Waals surface area contributed by atoms with Gasteiger partial charge in [0.05, 0.1) is 6.04 Å². The van der Waals surface area contributed by atoms with Gasteiger partial charge in [-0.15, -0.1) is 10.2 Å². The van der Waals surface area contributed by atoms with Gasteiger partial charge in [0.2, 0.25) is 0 Å². The summed E-state index contributed by atoms with van der Waals surface area (Å²) in [6.45, 7) is 11.7. The molecule has 2 aromatic rings. The number of likely N-dealkylation sites (N-methyl/N-ethyl adjacent to an activating group) is 1. The van der Waals surface area contributed by atoms with Gasteiger partial charge in [0.25, 0.3) is 0 Å². The molecular formula is C22H35N7. The lowest BCUT2D eigenvalue weighted by molar-refractivity contribution is 0.219. The highest BCUT2D eigenvalue weighted by Crippen LogP contribution is 2.19. The monoisotopic (exact) mass is 397 g/mol. The zero-order valence-corrected chi connectivity index (χ0v) is 18.1. The first-order valence-electron chi connectivity index (χ1n) is 11.0. The molecule has 158 valence electrons. The number of aryl methyl sites for hydroxylation is 1. The third-order valence-corrected chi connectivity index (χ3v) is 5.56. The second kappa shape index (κ2) is 11.0. The molecule has 2 N–H and O–H groups in total. The number of benzene rings is 1. The highest BCUT2D eigenvalue weighted by atomic mass is 15.3. The molecule has 0 saturated heterocycles. The number of hydrogen-bond donors (Lipinski definition) is 2. The first-order chi connectivity index (χ1) is 14.3. The molecule has 2 heterocycles. The topological polar surface area (TPSA) is 70.4 Å². The zero-order chi connectivity index (χ0) is 20.5. The number of aromatic nitrogens is 3. The van der Waals surface area contributed by atoms with E-state index in [0.717, 1.165) is 56.8 Å². The Morgan fingerprint density at radius 3 is 2.62 bits per heavy atom. The van der Waals surface area contributed by atoms with Crippen LogP contribution in [0, 0.1) is 0 Å². The lowest BCUT2D eigenvalue weighted by Crippen LogP contribution is -2.43. The number of nitrogens with one attached hydrogen (secondary N) is 2. The summed E-state index contributed by atoms with van der Waals surface area (Å²) >= 11 is 0. The van der Waals surface area contributed by atoms with Gasteiger partial charge in [-0.3, -0.25) is 4.90 Å². The Morgan fingerprint density at radius 2 is 1.90 bits per heavy atom. The van der Waals surface area contributed by atoms with E-state index in [9.17, 15) is 0 Å². The fourth-order valence-corrected chi connectivity index (χ4v) is 3.97. The van der Waals surface area contributed by atoms with Crippen LogP contribution in [0.25, 0.3) is 0 Å². The molecule has 1 aromatic heterocycles. The number of fused-ring (bicyclic) bond motifs is 1. The van der Waals surface area contributed by atoms with Crippen LogP contribution in [0.4, 0.5) is 0 Å². The summed E-state index contributed by atoms with van der Waals surface area (Å²) in [5, 5.41) is 15.6. The maximum absolute atomic E-state index is 4.79. The molecule has 0 fully saturated rings. The van der Waals surface area contributed by atoms with E-state index < -0.39 is 0 Å². The normalized spacial score (nSPS) is 15.2. The summed E-state index contributed by atoms with van der Waals surface area (Å²) in [6, 6.07) is 11.0. The van der Waals surface area contributed by atoms with Crippen molar-refractivity contribution in [1.29, 1.82) is 0 Å². The van der Waals surface area contributed by atoms with E-state index in [0.29, 0.717) is 12.6 Å². The molecule has 1 unspecified atom stereocenters. The average molecular weight is 398 g/mol. The van der Waals surface area contributed by atoms with Crippen molar-refractivity contribution in [2.45, 2.75) is 59.2 Å². The smallest absolute Gasteiger partial charge is 0.191 e. The summed E-state index contributed by atoms with van der Waals surface area (Å²) < 4.78 is 2.24. The Morgan fingerprint density at radius 1 is 1.10 bits per heavy atom. The molecule has 0 bridgehead atoms. The van der Waals surface area contributed by atoms with Crippen molar-refractivity contribution < 1.29 is 0 Å². The van der Waals surface area contributed by atoms with Crippen LogP contribution in [0.5, 0.6) is 0 Å². The summed E-state index contributed by atoms with van der Waals surface area (Å²) in [5.41, 5.74) is 1.33. The fourth-order valence-electron chi connectivity index (χ4n) is 3.97. The van der Waals surface area contributed by atoms with Gasteiger partial charge >= 0.3 is 0 Å². The van der Waals surface area contributed by atoms with Crippen molar-refractivity contribution in [2.24, 2.45) is 4.99 Å². The van der Waals surface area contributed by atoms with Gasteiger partial charge in [-0.2, -0.15) is 0 Å². The van der Waals surface area contributed by atoms with Crippen LogP contribution in [-0.4, -0.2) is 51.8 Å². The molecule has 1 aromatic carbocycles. The molecule has 7 heteroatoms. The summed E-state index contributed by atoms with van der Waals surface area (Å²) in [4.78, 5) is 7.27. The first-order valence-corrected chi connectivity index (χ1v) is 11.0. The van der Waals surface area contributed by atoms with E-state index in [1.165, 1.54) is 18.4 Å². The van der Waals surface area contributed by atoms with Gasteiger partial charge in [0.1, 0.15) is 12.4 Å². The third kappa shape index (κ3) is 5.56. The molecule has 29 heavy (non-hydrogen) atoms. The van der Waals surface area contributed by atoms with Crippen molar-refractivity contribution >= 4 is 5.96 Å². The van der Waals surface area contributed by atoms with Crippen molar-refractivity contribution in [1.82, 2.24) is 30.3 Å². The molecule has 0 saturated carbocycles. The van der Waals surface area contributed by atoms with Crippen molar-refractivity contribution in [2.75, 3.05) is 26.2 Å². The Labute approximate surface area is 174 Å². The largest absolute Gasteiger partial charge is 0.357 e. The summed E-state index contributed by atoms with van der Waals surface area (Å²) in [5.74, 6) is 2.89. The Hall–Kier alpha value is -2.41. The maximum Gasteiger partial charge on any atom is 0.191 e. The SMILES string of the molecule is CCNC(=NCc1nnc2n1CCCC2)NCC(c1ccccc1)N(CC)CC. The van der Waals surface area contributed by atoms with Crippen LogP contribution < -0.4 is 10.6 Å². The molecule has 0 radical (unpaired) electrons. The minimum atomic E-state index is 0.302. The second-order valence-corrected chi connectivity index (χ2v) is 7.36. The number of rotatable bonds is 9. The van der Waals surface area contributed by atoms with Gasteiger partial charge in [-0.25, -0.2) is 4.99 Å². The minimum Gasteiger partial charge on any atom is -0.357 e. The van der Waals surface area contributed by atoms with E-state index in [-0.39, 0.29) is 0 Å². The van der Waals surface area contributed by atoms with Crippen LogP contribution >= 0.6 is 0 Å². The number of aliphatic imine (C=N–C) groups is 1. The van der Waals surface area contributed by atoms with Crippen molar-refractivity contribution in [3.05, 3.63) is 47.5 Å². The highest BCUT2D eigenvalue weighted by Gasteiger charge is 2.19. The molecule has 0 amide bonds. The van der Waals surface area contributed by atoms with Crippen LogP contribution in [0.3, 0.4) is 0 Å². The molecule has 1 atom stereocenters. The standard InChI is InChI=1S/C22H35N7/c1-4-23-22(25-17-21-27-26-20-14-10-11-15-29(20)21)24-16-19(28(5-2)6-3)18-12-8-7-9-13-18/h7-9,12-13,19H,4-6,10-11,14-17H2,1-3H3,(H2,23,24,25). The van der Waals surface area contributed by atoms with Gasteiger partial charge < -0.3 is 15.2 Å². The highest BCUT2D eigenvalue weighted by molar-refractivity contribution is 5.79. The van der Waals surface area contributed by atoms with E-state index in [4.69, 9.17) is 4.99 Å². The molecule has 1 aliphatic heterocycles. The van der Waals surface area contributed by atoms with Crippen LogP contribution in [0.15, 0.2) is 35.3 Å². The summed E-state index contributed by atoms with van der Waals surface area (Å²) in [7, 11) is 0. The van der Waals surface area contributed by atoms with E-state index in [1.807, 2.05) is 0 Å². The minimum absolute atomic E-state index is 0.302. The average Bonchev–Trinajstić information content (AvgIpc) is 3.18. The maximum atomic E-state index is 4.79. The van der Waals surface area contributed by atoms with Crippen molar-refractivity contribution in [3.63, 3.8) is 0 Å². The lowest BCUT2D eigenvalue weighted by Gasteiger charge is -2.30. The Bertz CT molecular complexity index is 765. The molecule has 7 nitrogen and oxygen atoms in total. The predicted octanol–water partition coefficient (Wildman–Crippen LogP) is 2.75. The quantitative estimate of drug-likeness (QED) is 0.503. The lowest BCUT2D eigenvalue weighted by atomic mass is 10.1. The van der Waals surface area contributed by atoms with Gasteiger partial charge in [0.15, 0.2) is 11.8 Å². The first kappa shape index (κ1) is 21.3. The number of hydrogen-bond acceptors (Lipinski definition) is 4. The van der Waals surface area contributed by atoms with Crippen LogP contribution in [-0.2, 0) is 19.5 Å². The van der Waals surface area contributed by atoms with E-state index in [2.05, 4.69) is 81.4 Å². The van der Waals surface area contributed by atoms with Crippen LogP contribution in [0.2, 0.25) is 0 Å². The fraction of sp³-hybridized carbons (Fsp3) is 0.591. The molecule has 0 aliphatic carbocycles. The van der Waals surface area contributed by atoms with Gasteiger partial charge in [-0.05, 0) is 38.4 Å². The summed E-state index contributed by atoms with van der Waals surface area (Å²) in [6.07, 6.45) is 3.43. The third-order valence-electron chi connectivity index (χ3n) is 5.56. The number of guanidine groups is 1. The molecule has 3 rings (SSSR count). The van der Waals surface area contributed by atoms with E-state index in [1.54, 1.807) is 0 Å². The Kier molecular flexibility index (Phi) is 8.04. The van der Waals surface area contributed by atoms with Gasteiger partial charge in [0, 0.05) is 26.1 Å². The molecule has 0 spiro atoms. The number of nitrogens with zero attached hydrogens (tertiary/aromatic N) is 5. The Balaban J connectivity index is 1.69.